The van der Waals surface area contributed by atoms with Gasteiger partial charge in [-0.2, -0.15) is 0 Å². The molecular weight excluding hydrogens is 336 g/mol. The minimum atomic E-state index is -3.32. The smallest absolute Gasteiger partial charge is 0.258 e. The summed E-state index contributed by atoms with van der Waals surface area (Å²) in [6, 6.07) is 13.2. The summed E-state index contributed by atoms with van der Waals surface area (Å²) in [7, 11) is -3.32. The minimum Gasteiger partial charge on any atom is -0.308 e. The molecule has 0 aromatic heterocycles. The average molecular weight is 356 g/mol. The highest BCUT2D eigenvalue weighted by Gasteiger charge is 2.33. The van der Waals surface area contributed by atoms with Crippen molar-refractivity contribution in [3.8, 4) is 0 Å². The molecule has 0 fully saturated rings. The van der Waals surface area contributed by atoms with E-state index in [4.69, 9.17) is 0 Å². The molecule has 0 radical (unpaired) electrons. The van der Waals surface area contributed by atoms with Crippen LogP contribution < -0.4 is 9.21 Å². The maximum atomic E-state index is 13.0. The molecule has 0 saturated carbocycles. The van der Waals surface area contributed by atoms with Crippen molar-refractivity contribution in [3.63, 3.8) is 0 Å². The largest absolute Gasteiger partial charge is 0.308 e. The van der Waals surface area contributed by atoms with E-state index in [0.717, 1.165) is 17.7 Å². The molecule has 25 heavy (non-hydrogen) atoms. The van der Waals surface area contributed by atoms with Crippen LogP contribution in [0.2, 0.25) is 0 Å². The molecule has 2 heterocycles. The topological polar surface area (TPSA) is 57.7 Å². The highest BCUT2D eigenvalue weighted by molar-refractivity contribution is 7.92. The lowest BCUT2D eigenvalue weighted by molar-refractivity contribution is 0.0989. The summed E-state index contributed by atoms with van der Waals surface area (Å²) < 4.78 is 25.5. The Morgan fingerprint density at radius 2 is 1.84 bits per heavy atom. The van der Waals surface area contributed by atoms with Crippen LogP contribution in [0.15, 0.2) is 42.5 Å². The fourth-order valence-electron chi connectivity index (χ4n) is 3.95. The van der Waals surface area contributed by atoms with Crippen LogP contribution in [0.3, 0.4) is 0 Å². The highest BCUT2D eigenvalue weighted by atomic mass is 32.2. The van der Waals surface area contributed by atoms with E-state index in [2.05, 4.69) is 6.07 Å². The van der Waals surface area contributed by atoms with E-state index in [0.29, 0.717) is 24.2 Å². The lowest BCUT2D eigenvalue weighted by Crippen LogP contribution is -2.34. The van der Waals surface area contributed by atoms with Crippen LogP contribution in [0.25, 0.3) is 0 Å². The Kier molecular flexibility index (Phi) is 3.61. The molecule has 1 atom stereocenters. The molecule has 4 rings (SSSR count). The van der Waals surface area contributed by atoms with Gasteiger partial charge in [0.2, 0.25) is 10.0 Å². The van der Waals surface area contributed by atoms with Crippen molar-refractivity contribution in [1.29, 1.82) is 0 Å². The highest BCUT2D eigenvalue weighted by Crippen LogP contribution is 2.36. The minimum absolute atomic E-state index is 0.0294. The second-order valence-corrected chi connectivity index (χ2v) is 8.65. The molecule has 2 aliphatic heterocycles. The van der Waals surface area contributed by atoms with Gasteiger partial charge in [0.1, 0.15) is 0 Å². The Morgan fingerprint density at radius 3 is 2.60 bits per heavy atom. The van der Waals surface area contributed by atoms with Gasteiger partial charge in [-0.25, -0.2) is 8.42 Å². The first-order valence-electron chi connectivity index (χ1n) is 8.38. The Hall–Kier alpha value is -2.34. The Morgan fingerprint density at radius 1 is 1.08 bits per heavy atom. The third-order valence-electron chi connectivity index (χ3n) is 4.97. The van der Waals surface area contributed by atoms with Crippen molar-refractivity contribution in [2.75, 3.05) is 22.0 Å². The van der Waals surface area contributed by atoms with Crippen molar-refractivity contribution < 1.29 is 13.2 Å². The molecule has 5 nitrogen and oxygen atoms in total. The lowest BCUT2D eigenvalue weighted by Gasteiger charge is -2.22. The van der Waals surface area contributed by atoms with Crippen LogP contribution >= 0.6 is 0 Å². The number of carbonyl (C=O) groups is 1. The number of fused-ring (bicyclic) bond motifs is 2. The molecule has 0 saturated heterocycles. The van der Waals surface area contributed by atoms with Crippen molar-refractivity contribution in [2.45, 2.75) is 25.8 Å². The second-order valence-electron chi connectivity index (χ2n) is 6.79. The van der Waals surface area contributed by atoms with Crippen molar-refractivity contribution in [1.82, 2.24) is 0 Å². The molecule has 130 valence electrons. The molecule has 1 amide bonds. The first-order chi connectivity index (χ1) is 11.9. The molecule has 2 aromatic carbocycles. The van der Waals surface area contributed by atoms with E-state index in [-0.39, 0.29) is 11.9 Å². The molecule has 0 aliphatic carbocycles. The van der Waals surface area contributed by atoms with Crippen LogP contribution in [0.5, 0.6) is 0 Å². The Balaban J connectivity index is 1.68. The molecule has 0 spiro atoms. The number of sulfonamides is 1. The maximum absolute atomic E-state index is 13.0. The van der Waals surface area contributed by atoms with Crippen molar-refractivity contribution in [3.05, 3.63) is 59.2 Å². The summed E-state index contributed by atoms with van der Waals surface area (Å²) >= 11 is 0. The summed E-state index contributed by atoms with van der Waals surface area (Å²) in [6.45, 7) is 2.57. The summed E-state index contributed by atoms with van der Waals surface area (Å²) in [5, 5.41) is 0. The number of para-hydroxylation sites is 1. The van der Waals surface area contributed by atoms with E-state index in [9.17, 15) is 13.2 Å². The predicted molar refractivity (Wildman–Crippen MR) is 98.8 cm³/mol. The van der Waals surface area contributed by atoms with Crippen molar-refractivity contribution in [2.24, 2.45) is 0 Å². The molecule has 0 bridgehead atoms. The Labute approximate surface area is 147 Å². The third-order valence-corrected chi connectivity index (χ3v) is 6.24. The van der Waals surface area contributed by atoms with Gasteiger partial charge in [0.25, 0.3) is 5.91 Å². The van der Waals surface area contributed by atoms with Gasteiger partial charge >= 0.3 is 0 Å². The maximum Gasteiger partial charge on any atom is 0.258 e. The Bertz CT molecular complexity index is 968. The number of benzene rings is 2. The van der Waals surface area contributed by atoms with Gasteiger partial charge in [0.15, 0.2) is 0 Å². The number of hydrogen-bond acceptors (Lipinski definition) is 3. The van der Waals surface area contributed by atoms with Gasteiger partial charge in [-0.3, -0.25) is 9.10 Å². The summed E-state index contributed by atoms with van der Waals surface area (Å²) in [5.74, 6) is -0.0294. The van der Waals surface area contributed by atoms with E-state index < -0.39 is 10.0 Å². The fraction of sp³-hybridized carbons (Fsp3) is 0.316. The van der Waals surface area contributed by atoms with E-state index in [1.165, 1.54) is 16.1 Å². The zero-order valence-electron chi connectivity index (χ0n) is 14.3. The lowest BCUT2D eigenvalue weighted by atomic mass is 10.1. The van der Waals surface area contributed by atoms with E-state index in [1.54, 1.807) is 12.1 Å². The molecule has 2 aliphatic rings. The van der Waals surface area contributed by atoms with E-state index in [1.807, 2.05) is 36.1 Å². The predicted octanol–water partition coefficient (Wildman–Crippen LogP) is 2.60. The summed E-state index contributed by atoms with van der Waals surface area (Å²) in [5.41, 5.74) is 4.37. The number of carbonyl (C=O) groups excluding carboxylic acids is 1. The first kappa shape index (κ1) is 16.1. The number of rotatable bonds is 2. The first-order valence-corrected chi connectivity index (χ1v) is 10.2. The van der Waals surface area contributed by atoms with Gasteiger partial charge in [0, 0.05) is 23.8 Å². The van der Waals surface area contributed by atoms with Crippen molar-refractivity contribution >= 4 is 27.3 Å². The monoisotopic (exact) mass is 356 g/mol. The third kappa shape index (κ3) is 2.61. The zero-order valence-corrected chi connectivity index (χ0v) is 15.1. The SMILES string of the molecule is C[C@H]1Cc2cc(C(=O)N3CCc4ccccc43)ccc2N1S(C)(=O)=O. The van der Waals surface area contributed by atoms with Gasteiger partial charge in [-0.05, 0) is 55.2 Å². The quantitative estimate of drug-likeness (QED) is 0.831. The summed E-state index contributed by atoms with van der Waals surface area (Å²) in [4.78, 5) is 14.8. The van der Waals surface area contributed by atoms with Crippen LogP contribution in [-0.2, 0) is 22.9 Å². The average Bonchev–Trinajstić information content (AvgIpc) is 3.12. The molecule has 0 unspecified atom stereocenters. The van der Waals surface area contributed by atoms with Crippen LogP contribution in [0.4, 0.5) is 11.4 Å². The van der Waals surface area contributed by atoms with Gasteiger partial charge in [-0.15, -0.1) is 0 Å². The number of anilines is 2. The standard InChI is InChI=1S/C19H20N2O3S/c1-13-11-16-12-15(7-8-18(16)21(13)25(2,23)24)19(22)20-10-9-14-5-3-4-6-17(14)20/h3-8,12-13H,9-11H2,1-2H3/t13-/m0/s1. The van der Waals surface area contributed by atoms with E-state index >= 15 is 0 Å². The molecular formula is C19H20N2O3S. The normalized spacial score (nSPS) is 19.0. The second kappa shape index (κ2) is 5.59. The van der Waals surface area contributed by atoms with Crippen LogP contribution in [-0.4, -0.2) is 33.2 Å². The van der Waals surface area contributed by atoms with Crippen LogP contribution in [0.1, 0.15) is 28.4 Å². The van der Waals surface area contributed by atoms with Gasteiger partial charge in [-0.1, -0.05) is 18.2 Å². The molecule has 6 heteroatoms. The number of nitrogens with zero attached hydrogens (tertiary/aromatic N) is 2. The van der Waals surface area contributed by atoms with Gasteiger partial charge < -0.3 is 4.90 Å². The fourth-order valence-corrected chi connectivity index (χ4v) is 5.21. The summed E-state index contributed by atoms with van der Waals surface area (Å²) in [6.07, 6.45) is 2.71. The van der Waals surface area contributed by atoms with Crippen LogP contribution in [0, 0.1) is 0 Å². The molecule has 2 aromatic rings. The molecule has 0 N–H and O–H groups in total. The number of hydrogen-bond donors (Lipinski definition) is 0. The zero-order chi connectivity index (χ0) is 17.8. The van der Waals surface area contributed by atoms with Gasteiger partial charge in [0.05, 0.1) is 11.9 Å². The number of amides is 1.